The summed E-state index contributed by atoms with van der Waals surface area (Å²) in [5.41, 5.74) is 1.88. The van der Waals surface area contributed by atoms with Crippen LogP contribution in [-0.4, -0.2) is 83.1 Å². The minimum Gasteiger partial charge on any atom is -0.490 e. The first kappa shape index (κ1) is 23.2. The molecule has 0 spiro atoms. The molecule has 1 fully saturated rings. The zero-order chi connectivity index (χ0) is 24.4. The number of nitrogens with zero attached hydrogens (tertiary/aromatic N) is 6. The average molecular weight is 499 g/mol. The third kappa shape index (κ3) is 4.84. The lowest BCUT2D eigenvalue weighted by molar-refractivity contribution is -0.133. The summed E-state index contributed by atoms with van der Waals surface area (Å²) in [6.07, 6.45) is 0.740. The maximum absolute atomic E-state index is 13.2. The maximum atomic E-state index is 13.2. The van der Waals surface area contributed by atoms with Gasteiger partial charge in [0, 0.05) is 44.2 Å². The summed E-state index contributed by atoms with van der Waals surface area (Å²) in [6, 6.07) is 12.4. The van der Waals surface area contributed by atoms with E-state index in [1.54, 1.807) is 11.0 Å². The van der Waals surface area contributed by atoms with Crippen molar-refractivity contribution in [3.63, 3.8) is 0 Å². The molecule has 0 N–H and O–H groups in total. The van der Waals surface area contributed by atoms with Crippen LogP contribution < -0.4 is 9.47 Å². The number of aryl methyl sites for hydroxylation is 1. The molecular weight excluding hydrogens is 472 g/mol. The third-order valence-electron chi connectivity index (χ3n) is 6.06. The lowest BCUT2D eigenvalue weighted by Gasteiger charge is -2.34. The van der Waals surface area contributed by atoms with Crippen LogP contribution in [0.3, 0.4) is 0 Å². The van der Waals surface area contributed by atoms with Crippen LogP contribution in [0.25, 0.3) is 11.4 Å². The van der Waals surface area contributed by atoms with E-state index >= 15 is 0 Å². The van der Waals surface area contributed by atoms with E-state index in [1.807, 2.05) is 31.2 Å². The molecule has 0 saturated carbocycles. The van der Waals surface area contributed by atoms with Gasteiger partial charge in [0.2, 0.25) is 21.8 Å². The second-order valence-electron chi connectivity index (χ2n) is 8.40. The number of aromatic nitrogens is 4. The van der Waals surface area contributed by atoms with Gasteiger partial charge >= 0.3 is 0 Å². The fourth-order valence-corrected chi connectivity index (χ4v) is 5.53. The Kier molecular flexibility index (Phi) is 6.39. The molecule has 3 heterocycles. The van der Waals surface area contributed by atoms with Gasteiger partial charge in [-0.05, 0) is 29.8 Å². The molecule has 0 radical (unpaired) electrons. The lowest BCUT2D eigenvalue weighted by Crippen LogP contribution is -2.51. The highest BCUT2D eigenvalue weighted by Gasteiger charge is 2.31. The molecule has 0 aliphatic carbocycles. The largest absolute Gasteiger partial charge is 0.490 e. The predicted octanol–water partition coefficient (Wildman–Crippen LogP) is 1.34. The van der Waals surface area contributed by atoms with E-state index in [4.69, 9.17) is 9.47 Å². The number of hydrogen-bond donors (Lipinski definition) is 0. The van der Waals surface area contributed by atoms with Crippen LogP contribution in [0.2, 0.25) is 0 Å². The van der Waals surface area contributed by atoms with Gasteiger partial charge < -0.3 is 14.4 Å². The summed E-state index contributed by atoms with van der Waals surface area (Å²) in [4.78, 5) is 15.8. The number of amides is 1. The van der Waals surface area contributed by atoms with Gasteiger partial charge in [0.15, 0.2) is 11.5 Å². The van der Waals surface area contributed by atoms with Crippen LogP contribution >= 0.6 is 0 Å². The molecule has 184 valence electrons. The monoisotopic (exact) mass is 498 g/mol. The highest BCUT2D eigenvalue weighted by atomic mass is 32.2. The number of carbonyl (C=O) groups is 1. The van der Waals surface area contributed by atoms with Crippen molar-refractivity contribution in [1.82, 2.24) is 29.4 Å². The highest BCUT2D eigenvalue weighted by Crippen LogP contribution is 2.33. The zero-order valence-corrected chi connectivity index (χ0v) is 20.1. The van der Waals surface area contributed by atoms with E-state index in [0.717, 1.165) is 17.5 Å². The zero-order valence-electron chi connectivity index (χ0n) is 19.3. The number of hydrogen-bond acceptors (Lipinski definition) is 8. The highest BCUT2D eigenvalue weighted by molar-refractivity contribution is 7.89. The van der Waals surface area contributed by atoms with E-state index in [9.17, 15) is 13.2 Å². The summed E-state index contributed by atoms with van der Waals surface area (Å²) in [7, 11) is -3.73. The second-order valence-corrected chi connectivity index (χ2v) is 10.3. The molecule has 0 unspecified atom stereocenters. The fraction of sp³-hybridized carbons (Fsp3) is 0.391. The normalized spacial score (nSPS) is 16.7. The van der Waals surface area contributed by atoms with Crippen molar-refractivity contribution in [2.75, 3.05) is 39.4 Å². The Morgan fingerprint density at radius 3 is 2.51 bits per heavy atom. The Hall–Kier alpha value is -3.51. The number of benzene rings is 2. The van der Waals surface area contributed by atoms with Crippen LogP contribution in [0, 0.1) is 6.92 Å². The number of tetrazole rings is 1. The van der Waals surface area contributed by atoms with Crippen molar-refractivity contribution in [2.24, 2.45) is 0 Å². The number of rotatable bonds is 5. The average Bonchev–Trinajstić information content (AvgIpc) is 3.19. The SMILES string of the molecule is Cc1ccccc1-c1nnn(CC(=O)N2CCN(S(=O)(=O)c3ccc4c(c3)OCCCO4)CC2)n1. The molecule has 11 nitrogen and oxygen atoms in total. The minimum atomic E-state index is -3.73. The van der Waals surface area contributed by atoms with Gasteiger partial charge in [0.05, 0.1) is 18.1 Å². The molecule has 0 atom stereocenters. The van der Waals surface area contributed by atoms with Crippen LogP contribution in [0.5, 0.6) is 11.5 Å². The van der Waals surface area contributed by atoms with Gasteiger partial charge in [-0.15, -0.1) is 10.2 Å². The van der Waals surface area contributed by atoms with Crippen LogP contribution in [0.1, 0.15) is 12.0 Å². The summed E-state index contributed by atoms with van der Waals surface area (Å²) >= 11 is 0. The molecule has 3 aromatic rings. The number of ether oxygens (including phenoxy) is 2. The van der Waals surface area contributed by atoms with Gasteiger partial charge in [-0.25, -0.2) is 8.42 Å². The van der Waals surface area contributed by atoms with E-state index in [2.05, 4.69) is 15.4 Å². The van der Waals surface area contributed by atoms with E-state index < -0.39 is 10.0 Å². The predicted molar refractivity (Wildman–Crippen MR) is 125 cm³/mol. The van der Waals surface area contributed by atoms with Crippen molar-refractivity contribution in [2.45, 2.75) is 24.8 Å². The molecule has 35 heavy (non-hydrogen) atoms. The molecule has 1 amide bonds. The number of sulfonamides is 1. The first-order valence-corrected chi connectivity index (χ1v) is 12.9. The van der Waals surface area contributed by atoms with Crippen molar-refractivity contribution in [3.05, 3.63) is 48.0 Å². The molecule has 1 saturated heterocycles. The first-order chi connectivity index (χ1) is 16.9. The Labute approximate surface area is 203 Å². The van der Waals surface area contributed by atoms with E-state index in [0.29, 0.717) is 30.5 Å². The first-order valence-electron chi connectivity index (χ1n) is 11.4. The Morgan fingerprint density at radius 1 is 1.00 bits per heavy atom. The molecule has 2 aliphatic heterocycles. The van der Waals surface area contributed by atoms with Gasteiger partial charge in [0.1, 0.15) is 6.54 Å². The Morgan fingerprint density at radius 2 is 1.74 bits per heavy atom. The number of carbonyl (C=O) groups excluding carboxylic acids is 1. The van der Waals surface area contributed by atoms with Crippen molar-refractivity contribution >= 4 is 15.9 Å². The molecule has 1 aromatic heterocycles. The molecule has 12 heteroatoms. The molecule has 2 aromatic carbocycles. The quantitative estimate of drug-likeness (QED) is 0.517. The maximum Gasteiger partial charge on any atom is 0.246 e. The van der Waals surface area contributed by atoms with Crippen molar-refractivity contribution in [3.8, 4) is 22.9 Å². The van der Waals surface area contributed by atoms with Crippen LogP contribution in [-0.2, 0) is 21.4 Å². The number of fused-ring (bicyclic) bond motifs is 1. The van der Waals surface area contributed by atoms with Gasteiger partial charge in [-0.2, -0.15) is 9.10 Å². The lowest BCUT2D eigenvalue weighted by atomic mass is 10.1. The van der Waals surface area contributed by atoms with Crippen LogP contribution in [0.4, 0.5) is 0 Å². The molecular formula is C23H26N6O5S. The summed E-state index contributed by atoms with van der Waals surface area (Å²) < 4.78 is 39.0. The summed E-state index contributed by atoms with van der Waals surface area (Å²) in [5.74, 6) is 1.25. The smallest absolute Gasteiger partial charge is 0.246 e. The topological polar surface area (TPSA) is 120 Å². The standard InChI is InChI=1S/C23H26N6O5S/c1-17-5-2-3-6-19(17)23-24-26-29(25-23)16-22(30)27-9-11-28(12-10-27)35(31,32)18-7-8-20-21(15-18)34-14-4-13-33-20/h2-3,5-8,15H,4,9-14,16H2,1H3. The summed E-state index contributed by atoms with van der Waals surface area (Å²) in [5, 5.41) is 12.4. The fourth-order valence-electron chi connectivity index (χ4n) is 4.09. The summed E-state index contributed by atoms with van der Waals surface area (Å²) in [6.45, 7) is 3.86. The minimum absolute atomic E-state index is 0.0617. The molecule has 0 bridgehead atoms. The van der Waals surface area contributed by atoms with Crippen LogP contribution in [0.15, 0.2) is 47.4 Å². The van der Waals surface area contributed by atoms with Gasteiger partial charge in [0.25, 0.3) is 0 Å². The second kappa shape index (κ2) is 9.62. The van der Waals surface area contributed by atoms with E-state index in [-0.39, 0.29) is 43.5 Å². The number of piperazine rings is 1. The molecule has 5 rings (SSSR count). The Bertz CT molecular complexity index is 1330. The Balaban J connectivity index is 1.21. The van der Waals surface area contributed by atoms with Crippen molar-refractivity contribution in [1.29, 1.82) is 0 Å². The van der Waals surface area contributed by atoms with Gasteiger partial charge in [-0.1, -0.05) is 24.3 Å². The molecule has 2 aliphatic rings. The third-order valence-corrected chi connectivity index (χ3v) is 7.96. The van der Waals surface area contributed by atoms with E-state index in [1.165, 1.54) is 21.2 Å². The van der Waals surface area contributed by atoms with Crippen molar-refractivity contribution < 1.29 is 22.7 Å². The van der Waals surface area contributed by atoms with Gasteiger partial charge in [-0.3, -0.25) is 4.79 Å².